The molecule has 1 fully saturated rings. The number of ether oxygens (including phenoxy) is 1. The Hall–Kier alpha value is -2.46. The summed E-state index contributed by atoms with van der Waals surface area (Å²) in [5, 5.41) is 10.3. The fraction of sp³-hybridized carbons (Fsp3) is 0.440. The van der Waals surface area contributed by atoms with E-state index in [1.54, 1.807) is 18.5 Å². The van der Waals surface area contributed by atoms with Crippen LogP contribution in [0.1, 0.15) is 51.2 Å². The van der Waals surface area contributed by atoms with Gasteiger partial charge in [0.2, 0.25) is 0 Å². The number of carbonyl (C=O) groups excluding carboxylic acids is 1. The fourth-order valence-electron chi connectivity index (χ4n) is 4.34. The van der Waals surface area contributed by atoms with Gasteiger partial charge in [0.05, 0.1) is 0 Å². The minimum atomic E-state index is -1.28. The van der Waals surface area contributed by atoms with Crippen molar-refractivity contribution in [3.63, 3.8) is 0 Å². The molecular weight excluding hydrogens is 362 g/mol. The molecule has 29 heavy (non-hydrogen) atoms. The zero-order valence-electron chi connectivity index (χ0n) is 17.5. The molecule has 1 aromatic carbocycles. The third-order valence-electron chi connectivity index (χ3n) is 6.16. The van der Waals surface area contributed by atoms with Crippen molar-refractivity contribution >= 4 is 12.0 Å². The molecule has 1 saturated carbocycles. The highest BCUT2D eigenvalue weighted by Crippen LogP contribution is 2.43. The molecule has 0 radical (unpaired) electrons. The first-order valence-corrected chi connectivity index (χ1v) is 10.4. The highest BCUT2D eigenvalue weighted by atomic mass is 16.6. The van der Waals surface area contributed by atoms with Crippen molar-refractivity contribution in [2.45, 2.75) is 57.7 Å². The van der Waals surface area contributed by atoms with Gasteiger partial charge in [-0.2, -0.15) is 0 Å². The van der Waals surface area contributed by atoms with Gasteiger partial charge in [-0.1, -0.05) is 69.7 Å². The van der Waals surface area contributed by atoms with Gasteiger partial charge >= 0.3 is 5.97 Å². The molecule has 1 aliphatic carbocycles. The summed E-state index contributed by atoms with van der Waals surface area (Å²) in [6.07, 6.45) is 7.97. The van der Waals surface area contributed by atoms with Crippen LogP contribution in [-0.2, 0) is 14.9 Å². The van der Waals surface area contributed by atoms with Crippen LogP contribution in [0.2, 0.25) is 0 Å². The smallest absolute Gasteiger partial charge is 0.339 e. The molecular formula is C25H31NO3. The second-order valence-corrected chi connectivity index (χ2v) is 8.68. The molecule has 0 unspecified atom stereocenters. The summed E-state index contributed by atoms with van der Waals surface area (Å²) in [5.74, 6) is 0.122. The van der Waals surface area contributed by atoms with E-state index < -0.39 is 12.1 Å². The van der Waals surface area contributed by atoms with Crippen LogP contribution in [0.15, 0.2) is 60.9 Å². The SMILES string of the molecule is C[C@@H]1CC[C@@H](C(C)(C)c2ccccc2)[C@H](OC(=O)[C@@H](O)/C=C/c2cccnc2)C1. The molecule has 4 heteroatoms. The Kier molecular flexibility index (Phi) is 6.86. The van der Waals surface area contributed by atoms with Gasteiger partial charge in [-0.25, -0.2) is 4.79 Å². The fourth-order valence-corrected chi connectivity index (χ4v) is 4.34. The van der Waals surface area contributed by atoms with Crippen LogP contribution in [0.5, 0.6) is 0 Å². The van der Waals surface area contributed by atoms with Crippen molar-refractivity contribution in [3.05, 3.63) is 72.1 Å². The van der Waals surface area contributed by atoms with Gasteiger partial charge in [0.25, 0.3) is 0 Å². The zero-order chi connectivity index (χ0) is 20.9. The van der Waals surface area contributed by atoms with E-state index in [9.17, 15) is 9.90 Å². The van der Waals surface area contributed by atoms with Crippen molar-refractivity contribution in [1.29, 1.82) is 0 Å². The molecule has 0 amide bonds. The number of aliphatic hydroxyl groups is 1. The topological polar surface area (TPSA) is 59.4 Å². The second kappa shape index (κ2) is 9.36. The van der Waals surface area contributed by atoms with E-state index >= 15 is 0 Å². The Balaban J connectivity index is 1.72. The molecule has 0 saturated heterocycles. The van der Waals surface area contributed by atoms with E-state index in [4.69, 9.17) is 4.74 Å². The van der Waals surface area contributed by atoms with E-state index in [2.05, 4.69) is 50.0 Å². The molecule has 1 aliphatic rings. The monoisotopic (exact) mass is 393 g/mol. The van der Waals surface area contributed by atoms with E-state index in [-0.39, 0.29) is 17.4 Å². The third-order valence-corrected chi connectivity index (χ3v) is 6.16. The second-order valence-electron chi connectivity index (χ2n) is 8.68. The molecule has 154 valence electrons. The Morgan fingerprint density at radius 2 is 1.97 bits per heavy atom. The van der Waals surface area contributed by atoms with Crippen LogP contribution < -0.4 is 0 Å². The van der Waals surface area contributed by atoms with E-state index in [0.717, 1.165) is 24.8 Å². The number of carbonyl (C=O) groups is 1. The molecule has 4 atom stereocenters. The van der Waals surface area contributed by atoms with Crippen LogP contribution in [0.4, 0.5) is 0 Å². The van der Waals surface area contributed by atoms with Gasteiger partial charge in [0, 0.05) is 18.3 Å². The zero-order valence-corrected chi connectivity index (χ0v) is 17.5. The Morgan fingerprint density at radius 3 is 2.66 bits per heavy atom. The van der Waals surface area contributed by atoms with Crippen LogP contribution in [0.25, 0.3) is 6.08 Å². The number of benzene rings is 1. The van der Waals surface area contributed by atoms with Crippen molar-refractivity contribution in [2.24, 2.45) is 11.8 Å². The Morgan fingerprint density at radius 1 is 1.21 bits per heavy atom. The summed E-state index contributed by atoms with van der Waals surface area (Å²) >= 11 is 0. The lowest BCUT2D eigenvalue weighted by molar-refractivity contribution is -0.163. The van der Waals surface area contributed by atoms with Gasteiger partial charge in [0.1, 0.15) is 6.10 Å². The summed E-state index contributed by atoms with van der Waals surface area (Å²) in [6, 6.07) is 14.1. The minimum Gasteiger partial charge on any atom is -0.460 e. The molecule has 2 aromatic rings. The first-order valence-electron chi connectivity index (χ1n) is 10.4. The summed E-state index contributed by atoms with van der Waals surface area (Å²) in [4.78, 5) is 16.6. The summed E-state index contributed by atoms with van der Waals surface area (Å²) < 4.78 is 5.88. The quantitative estimate of drug-likeness (QED) is 0.718. The number of nitrogens with zero attached hydrogens (tertiary/aromatic N) is 1. The summed E-state index contributed by atoms with van der Waals surface area (Å²) in [7, 11) is 0. The van der Waals surface area contributed by atoms with Gasteiger partial charge < -0.3 is 9.84 Å². The van der Waals surface area contributed by atoms with Gasteiger partial charge in [-0.05, 0) is 47.4 Å². The lowest BCUT2D eigenvalue weighted by atomic mass is 9.64. The lowest BCUT2D eigenvalue weighted by Crippen LogP contribution is -2.44. The van der Waals surface area contributed by atoms with Crippen molar-refractivity contribution in [2.75, 3.05) is 0 Å². The predicted molar refractivity (Wildman–Crippen MR) is 115 cm³/mol. The van der Waals surface area contributed by atoms with Gasteiger partial charge in [-0.3, -0.25) is 4.98 Å². The number of rotatable bonds is 6. The number of hydrogen-bond donors (Lipinski definition) is 1. The number of esters is 1. The van der Waals surface area contributed by atoms with Gasteiger partial charge in [0.15, 0.2) is 6.10 Å². The van der Waals surface area contributed by atoms with Crippen LogP contribution in [-0.4, -0.2) is 28.3 Å². The normalized spacial score (nSPS) is 23.7. The molecule has 0 aliphatic heterocycles. The summed E-state index contributed by atoms with van der Waals surface area (Å²) in [5.41, 5.74) is 1.95. The highest BCUT2D eigenvalue weighted by Gasteiger charge is 2.42. The average Bonchev–Trinajstić information content (AvgIpc) is 2.73. The van der Waals surface area contributed by atoms with Gasteiger partial charge in [-0.15, -0.1) is 0 Å². The standard InChI is InChI=1S/C25H31NO3/c1-18-11-13-21(25(2,3)20-9-5-4-6-10-20)23(16-18)29-24(28)22(27)14-12-19-8-7-15-26-17-19/h4-10,12,14-15,17-18,21-23,27H,11,13,16H2,1-3H3/b14-12+/t18-,21-,22+,23-/m1/s1. The maximum Gasteiger partial charge on any atom is 0.339 e. The van der Waals surface area contributed by atoms with E-state index in [0.29, 0.717) is 5.92 Å². The largest absolute Gasteiger partial charge is 0.460 e. The first kappa shape index (κ1) is 21.3. The van der Waals surface area contributed by atoms with Crippen molar-refractivity contribution < 1.29 is 14.6 Å². The van der Waals surface area contributed by atoms with Crippen molar-refractivity contribution in [1.82, 2.24) is 4.98 Å². The maximum absolute atomic E-state index is 12.6. The van der Waals surface area contributed by atoms with E-state index in [1.807, 2.05) is 18.2 Å². The predicted octanol–water partition coefficient (Wildman–Crippen LogP) is 4.78. The lowest BCUT2D eigenvalue weighted by Gasteiger charge is -2.44. The Bertz CT molecular complexity index is 816. The molecule has 3 rings (SSSR count). The first-order chi connectivity index (χ1) is 13.9. The number of hydrogen-bond acceptors (Lipinski definition) is 4. The molecule has 4 nitrogen and oxygen atoms in total. The molecule has 1 aromatic heterocycles. The Labute approximate surface area is 173 Å². The summed E-state index contributed by atoms with van der Waals surface area (Å²) in [6.45, 7) is 6.65. The third kappa shape index (κ3) is 5.33. The number of pyridine rings is 1. The maximum atomic E-state index is 12.6. The minimum absolute atomic E-state index is 0.122. The van der Waals surface area contributed by atoms with E-state index in [1.165, 1.54) is 11.6 Å². The molecule has 1 heterocycles. The number of aliphatic hydroxyl groups excluding tert-OH is 1. The van der Waals surface area contributed by atoms with Crippen LogP contribution >= 0.6 is 0 Å². The molecule has 1 N–H and O–H groups in total. The number of aromatic nitrogens is 1. The van der Waals surface area contributed by atoms with Crippen LogP contribution in [0.3, 0.4) is 0 Å². The van der Waals surface area contributed by atoms with Crippen LogP contribution in [0, 0.1) is 11.8 Å². The van der Waals surface area contributed by atoms with Crippen molar-refractivity contribution in [3.8, 4) is 0 Å². The molecule has 0 bridgehead atoms. The molecule has 0 spiro atoms. The highest BCUT2D eigenvalue weighted by molar-refractivity contribution is 5.78. The average molecular weight is 394 g/mol.